The molecule has 0 radical (unpaired) electrons. The number of rotatable bonds is 8. The zero-order chi connectivity index (χ0) is 14.0. The number of pyridine rings is 1. The van der Waals surface area contributed by atoms with E-state index in [9.17, 15) is 5.11 Å². The maximum atomic E-state index is 9.80. The number of aliphatic hydroxyl groups is 1. The van der Waals surface area contributed by atoms with Crippen molar-refractivity contribution in [3.05, 3.63) is 66.0 Å². The van der Waals surface area contributed by atoms with Crippen LogP contribution in [-0.4, -0.2) is 29.3 Å². The summed E-state index contributed by atoms with van der Waals surface area (Å²) in [6, 6.07) is 15.7. The van der Waals surface area contributed by atoms with Crippen LogP contribution in [0.4, 0.5) is 0 Å². The first kappa shape index (κ1) is 14.7. The second-order valence-corrected chi connectivity index (χ2v) is 4.61. The third-order valence-corrected chi connectivity index (χ3v) is 2.83. The molecule has 0 fully saturated rings. The Balaban J connectivity index is 1.58. The molecule has 2 rings (SSSR count). The summed E-state index contributed by atoms with van der Waals surface area (Å²) < 4.78 is 5.48. The smallest absolute Gasteiger partial charge is 0.0897 e. The molecule has 0 bridgehead atoms. The van der Waals surface area contributed by atoms with Gasteiger partial charge in [-0.3, -0.25) is 4.98 Å². The van der Waals surface area contributed by atoms with Gasteiger partial charge in [-0.2, -0.15) is 0 Å². The molecule has 0 aliphatic heterocycles. The van der Waals surface area contributed by atoms with Crippen molar-refractivity contribution in [2.24, 2.45) is 0 Å². The monoisotopic (exact) mass is 272 g/mol. The van der Waals surface area contributed by atoms with Gasteiger partial charge in [0.15, 0.2) is 0 Å². The lowest BCUT2D eigenvalue weighted by atomic mass is 10.2. The van der Waals surface area contributed by atoms with Gasteiger partial charge in [0.1, 0.15) is 0 Å². The van der Waals surface area contributed by atoms with E-state index in [1.165, 1.54) is 0 Å². The van der Waals surface area contributed by atoms with Gasteiger partial charge in [-0.05, 0) is 17.7 Å². The largest absolute Gasteiger partial charge is 0.389 e. The summed E-state index contributed by atoms with van der Waals surface area (Å²) >= 11 is 0. The highest BCUT2D eigenvalue weighted by Crippen LogP contribution is 2.01. The fourth-order valence-electron chi connectivity index (χ4n) is 1.82. The highest BCUT2D eigenvalue weighted by molar-refractivity contribution is 5.13. The van der Waals surface area contributed by atoms with Crippen LogP contribution in [0.2, 0.25) is 0 Å². The first-order valence-corrected chi connectivity index (χ1v) is 6.75. The predicted molar refractivity (Wildman–Crippen MR) is 78.0 cm³/mol. The average molecular weight is 272 g/mol. The minimum absolute atomic E-state index is 0.324. The Hall–Kier alpha value is -1.75. The molecule has 0 amide bonds. The Morgan fingerprint density at radius 3 is 2.65 bits per heavy atom. The first-order chi connectivity index (χ1) is 9.84. The molecular weight excluding hydrogens is 252 g/mol. The molecule has 0 saturated carbocycles. The zero-order valence-electron chi connectivity index (χ0n) is 11.4. The van der Waals surface area contributed by atoms with E-state index in [0.717, 1.165) is 11.3 Å². The van der Waals surface area contributed by atoms with Crippen LogP contribution in [0, 0.1) is 0 Å². The molecule has 2 N–H and O–H groups in total. The second kappa shape index (κ2) is 8.43. The Kier molecular flexibility index (Phi) is 6.17. The number of hydrogen-bond donors (Lipinski definition) is 2. The van der Waals surface area contributed by atoms with E-state index < -0.39 is 6.10 Å². The van der Waals surface area contributed by atoms with E-state index in [2.05, 4.69) is 10.3 Å². The summed E-state index contributed by atoms with van der Waals surface area (Å²) in [6.07, 6.45) is 1.25. The van der Waals surface area contributed by atoms with E-state index in [-0.39, 0.29) is 0 Å². The molecule has 0 aliphatic carbocycles. The second-order valence-electron chi connectivity index (χ2n) is 4.61. The maximum absolute atomic E-state index is 9.80. The van der Waals surface area contributed by atoms with Gasteiger partial charge >= 0.3 is 0 Å². The molecule has 1 heterocycles. The molecule has 4 heteroatoms. The molecular formula is C16H20N2O2. The van der Waals surface area contributed by atoms with Crippen LogP contribution in [0.25, 0.3) is 0 Å². The van der Waals surface area contributed by atoms with Crippen molar-refractivity contribution in [1.29, 1.82) is 0 Å². The third-order valence-electron chi connectivity index (χ3n) is 2.83. The van der Waals surface area contributed by atoms with Crippen molar-refractivity contribution in [2.75, 3.05) is 13.2 Å². The molecule has 0 spiro atoms. The number of nitrogens with zero attached hydrogens (tertiary/aromatic N) is 1. The fourth-order valence-corrected chi connectivity index (χ4v) is 1.82. The molecule has 1 atom stereocenters. The first-order valence-electron chi connectivity index (χ1n) is 6.75. The predicted octanol–water partition coefficient (Wildman–Crippen LogP) is 1.75. The summed E-state index contributed by atoms with van der Waals surface area (Å²) in [5.74, 6) is 0. The average Bonchev–Trinajstić information content (AvgIpc) is 2.49. The highest BCUT2D eigenvalue weighted by atomic mass is 16.5. The van der Waals surface area contributed by atoms with E-state index in [0.29, 0.717) is 26.3 Å². The van der Waals surface area contributed by atoms with Crippen LogP contribution < -0.4 is 5.32 Å². The molecule has 106 valence electrons. The van der Waals surface area contributed by atoms with Crippen molar-refractivity contribution in [1.82, 2.24) is 10.3 Å². The summed E-state index contributed by atoms with van der Waals surface area (Å²) in [4.78, 5) is 4.20. The summed E-state index contributed by atoms with van der Waals surface area (Å²) in [7, 11) is 0. The van der Waals surface area contributed by atoms with Gasteiger partial charge < -0.3 is 15.2 Å². The van der Waals surface area contributed by atoms with Crippen LogP contribution >= 0.6 is 0 Å². The van der Waals surface area contributed by atoms with Gasteiger partial charge in [0.25, 0.3) is 0 Å². The van der Waals surface area contributed by atoms with Crippen molar-refractivity contribution in [3.8, 4) is 0 Å². The van der Waals surface area contributed by atoms with Crippen molar-refractivity contribution in [2.45, 2.75) is 19.3 Å². The molecule has 0 saturated heterocycles. The minimum Gasteiger partial charge on any atom is -0.389 e. The number of benzene rings is 1. The van der Waals surface area contributed by atoms with Crippen molar-refractivity contribution >= 4 is 0 Å². The van der Waals surface area contributed by atoms with Crippen molar-refractivity contribution in [3.63, 3.8) is 0 Å². The molecule has 1 unspecified atom stereocenters. The van der Waals surface area contributed by atoms with Crippen LogP contribution in [0.5, 0.6) is 0 Å². The van der Waals surface area contributed by atoms with Gasteiger partial charge in [0, 0.05) is 19.3 Å². The lowest BCUT2D eigenvalue weighted by molar-refractivity contribution is 0.0287. The van der Waals surface area contributed by atoms with Gasteiger partial charge in [-0.1, -0.05) is 36.4 Å². The number of nitrogens with one attached hydrogen (secondary N) is 1. The summed E-state index contributed by atoms with van der Waals surface area (Å²) in [5.41, 5.74) is 2.08. The molecule has 2 aromatic rings. The SMILES string of the molecule is OC(CNCc1ccccn1)COCc1ccccc1. The molecule has 0 aliphatic rings. The third kappa shape index (κ3) is 5.48. The molecule has 1 aromatic carbocycles. The molecule has 1 aromatic heterocycles. The van der Waals surface area contributed by atoms with Gasteiger partial charge in [0.2, 0.25) is 0 Å². The van der Waals surface area contributed by atoms with E-state index in [1.54, 1.807) is 6.20 Å². The van der Waals surface area contributed by atoms with Crippen LogP contribution in [0.1, 0.15) is 11.3 Å². The Morgan fingerprint density at radius 2 is 1.90 bits per heavy atom. The lowest BCUT2D eigenvalue weighted by Crippen LogP contribution is -2.30. The number of hydrogen-bond acceptors (Lipinski definition) is 4. The topological polar surface area (TPSA) is 54.4 Å². The van der Waals surface area contributed by atoms with E-state index >= 15 is 0 Å². The van der Waals surface area contributed by atoms with Crippen LogP contribution in [-0.2, 0) is 17.9 Å². The van der Waals surface area contributed by atoms with Gasteiger partial charge in [-0.25, -0.2) is 0 Å². The van der Waals surface area contributed by atoms with Crippen LogP contribution in [0.3, 0.4) is 0 Å². The lowest BCUT2D eigenvalue weighted by Gasteiger charge is -2.12. The normalized spacial score (nSPS) is 12.2. The standard InChI is InChI=1S/C16H20N2O2/c19-16(11-17-10-15-8-4-5-9-18-15)13-20-12-14-6-2-1-3-7-14/h1-9,16-17,19H,10-13H2. The summed E-state index contributed by atoms with van der Waals surface area (Å²) in [6.45, 7) is 1.99. The Bertz CT molecular complexity index is 431. The zero-order valence-corrected chi connectivity index (χ0v) is 11.4. The fraction of sp³-hybridized carbons (Fsp3) is 0.312. The Morgan fingerprint density at radius 1 is 1.10 bits per heavy atom. The van der Waals surface area contributed by atoms with E-state index in [1.807, 2.05) is 48.5 Å². The molecule has 20 heavy (non-hydrogen) atoms. The summed E-state index contributed by atoms with van der Waals surface area (Å²) in [5, 5.41) is 13.0. The van der Waals surface area contributed by atoms with E-state index in [4.69, 9.17) is 4.74 Å². The van der Waals surface area contributed by atoms with Crippen molar-refractivity contribution < 1.29 is 9.84 Å². The quantitative estimate of drug-likeness (QED) is 0.768. The number of aliphatic hydroxyl groups excluding tert-OH is 1. The minimum atomic E-state index is -0.512. The van der Waals surface area contributed by atoms with Crippen LogP contribution in [0.15, 0.2) is 54.7 Å². The van der Waals surface area contributed by atoms with Gasteiger partial charge in [0.05, 0.1) is 25.0 Å². The molecule has 4 nitrogen and oxygen atoms in total. The Labute approximate surface area is 119 Å². The maximum Gasteiger partial charge on any atom is 0.0897 e. The highest BCUT2D eigenvalue weighted by Gasteiger charge is 2.04. The number of aromatic nitrogens is 1. The van der Waals surface area contributed by atoms with Gasteiger partial charge in [-0.15, -0.1) is 0 Å². The number of ether oxygens (including phenoxy) is 1.